The molecule has 0 saturated heterocycles. The number of hydrogen-bond donors (Lipinski definition) is 1. The quantitative estimate of drug-likeness (QED) is 0.363. The van der Waals surface area contributed by atoms with Gasteiger partial charge in [0.15, 0.2) is 0 Å². The van der Waals surface area contributed by atoms with Gasteiger partial charge in [0.25, 0.3) is 0 Å². The van der Waals surface area contributed by atoms with Crippen LogP contribution in [-0.4, -0.2) is 21.0 Å². The van der Waals surface area contributed by atoms with Crippen LogP contribution in [0.3, 0.4) is 0 Å². The van der Waals surface area contributed by atoms with E-state index in [1.54, 1.807) is 36.5 Å². The maximum Gasteiger partial charge on any atom is 0.354 e. The molecule has 4 aromatic rings. The van der Waals surface area contributed by atoms with Crippen LogP contribution in [0.5, 0.6) is 0 Å². The van der Waals surface area contributed by atoms with Crippen LogP contribution >= 0.6 is 0 Å². The summed E-state index contributed by atoms with van der Waals surface area (Å²) in [5, 5.41) is 9.63. The van der Waals surface area contributed by atoms with Crippen LogP contribution in [0.4, 0.5) is 8.78 Å². The number of fused-ring (bicyclic) bond motifs is 1. The summed E-state index contributed by atoms with van der Waals surface area (Å²) in [5.74, 6) is -2.28. The van der Waals surface area contributed by atoms with Crippen molar-refractivity contribution in [2.75, 3.05) is 0 Å². The zero-order valence-electron chi connectivity index (χ0n) is 14.3. The van der Waals surface area contributed by atoms with Gasteiger partial charge in [-0.05, 0) is 23.9 Å². The van der Waals surface area contributed by atoms with Gasteiger partial charge in [0.1, 0.15) is 5.69 Å². The van der Waals surface area contributed by atoms with Gasteiger partial charge in [-0.25, -0.2) is 9.78 Å². The number of carboxylic acid groups (broad SMARTS) is 1. The van der Waals surface area contributed by atoms with Crippen molar-refractivity contribution in [3.05, 3.63) is 96.3 Å². The van der Waals surface area contributed by atoms with E-state index in [0.717, 1.165) is 17.5 Å². The first-order valence-electron chi connectivity index (χ1n) is 7.92. The molecule has 0 unspecified atom stereocenters. The molecule has 1 N–H and O–H groups in total. The second-order valence-electron chi connectivity index (χ2n) is 5.45. The number of para-hydroxylation sites is 1. The second kappa shape index (κ2) is 9.78. The van der Waals surface area contributed by atoms with Crippen molar-refractivity contribution < 1.29 is 38.8 Å². The van der Waals surface area contributed by atoms with Crippen LogP contribution in [-0.2, 0) is 20.1 Å². The van der Waals surface area contributed by atoms with Gasteiger partial charge in [-0.1, -0.05) is 48.0 Å². The molecule has 2 aromatic carbocycles. The number of hydrogen-bond acceptors (Lipinski definition) is 3. The minimum Gasteiger partial charge on any atom is -0.477 e. The van der Waals surface area contributed by atoms with E-state index >= 15 is 0 Å². The second-order valence-corrected chi connectivity index (χ2v) is 5.45. The molecule has 2 aromatic heterocycles. The predicted molar refractivity (Wildman–Crippen MR) is 97.1 cm³/mol. The summed E-state index contributed by atoms with van der Waals surface area (Å²) >= 11 is 0. The topological polar surface area (TPSA) is 63.1 Å². The maximum absolute atomic E-state index is 13.2. The third-order valence-electron chi connectivity index (χ3n) is 3.60. The first-order chi connectivity index (χ1) is 13.0. The molecule has 0 spiro atoms. The Bertz CT molecular complexity index is 1090. The Morgan fingerprint density at radius 3 is 2.43 bits per heavy atom. The molecule has 28 heavy (non-hydrogen) atoms. The number of nitrogens with zero attached hydrogens (tertiary/aromatic N) is 2. The van der Waals surface area contributed by atoms with E-state index < -0.39 is 17.6 Å². The molecule has 0 saturated carbocycles. The zero-order chi connectivity index (χ0) is 19.2. The first-order valence-corrected chi connectivity index (χ1v) is 7.92. The Balaban J connectivity index is 0.000000194. The van der Waals surface area contributed by atoms with Gasteiger partial charge in [0.2, 0.25) is 0 Å². The molecule has 0 aliphatic rings. The van der Waals surface area contributed by atoms with Crippen molar-refractivity contribution in [1.29, 1.82) is 0 Å². The molecule has 143 valence electrons. The zero-order valence-corrected chi connectivity index (χ0v) is 16.7. The van der Waals surface area contributed by atoms with Gasteiger partial charge in [-0.15, -0.1) is 12.1 Å². The van der Waals surface area contributed by atoms with Gasteiger partial charge in [-0.3, -0.25) is 8.78 Å². The maximum atomic E-state index is 13.2. The van der Waals surface area contributed by atoms with Gasteiger partial charge >= 0.3 is 5.97 Å². The number of pyridine rings is 2. The number of rotatable bonds is 2. The smallest absolute Gasteiger partial charge is 0.354 e. The molecule has 4 rings (SSSR count). The summed E-state index contributed by atoms with van der Waals surface area (Å²) < 4.78 is 25.8. The Labute approximate surface area is 173 Å². The SMILES string of the molecule is Fc1c[c-]c(-c2ccccn2)c(F)c1.O=C(O)c1ccc2ccccc2n1.[Ir]. The Morgan fingerprint density at radius 2 is 1.75 bits per heavy atom. The van der Waals surface area contributed by atoms with Crippen molar-refractivity contribution in [1.82, 2.24) is 9.97 Å². The normalized spacial score (nSPS) is 9.79. The average Bonchev–Trinajstić information content (AvgIpc) is 2.69. The van der Waals surface area contributed by atoms with E-state index in [-0.39, 0.29) is 31.4 Å². The monoisotopic (exact) mass is 556 g/mol. The third kappa shape index (κ3) is 5.25. The van der Waals surface area contributed by atoms with Crippen LogP contribution in [0, 0.1) is 17.7 Å². The molecule has 2 heterocycles. The molecule has 0 fully saturated rings. The summed E-state index contributed by atoms with van der Waals surface area (Å²) in [5.41, 5.74) is 1.43. The molecule has 0 aliphatic heterocycles. The molecule has 7 heteroatoms. The fourth-order valence-electron chi connectivity index (χ4n) is 2.34. The first kappa shape index (κ1) is 21.3. The van der Waals surface area contributed by atoms with Crippen LogP contribution in [0.1, 0.15) is 10.5 Å². The molecular formula is C21H13F2IrN2O2-. The molecule has 0 aliphatic carbocycles. The Kier molecular flexibility index (Phi) is 7.43. The minimum absolute atomic E-state index is 0. The predicted octanol–water partition coefficient (Wildman–Crippen LogP) is 4.76. The fourth-order valence-corrected chi connectivity index (χ4v) is 2.34. The molecule has 0 bridgehead atoms. The number of halogens is 2. The molecule has 4 nitrogen and oxygen atoms in total. The van der Waals surface area contributed by atoms with E-state index in [0.29, 0.717) is 11.2 Å². The number of carbonyl (C=O) groups is 1. The van der Waals surface area contributed by atoms with Crippen LogP contribution in [0.25, 0.3) is 22.2 Å². The summed E-state index contributed by atoms with van der Waals surface area (Å²) in [6, 6.07) is 20.2. The Morgan fingerprint density at radius 1 is 1.00 bits per heavy atom. The molecule has 0 atom stereocenters. The van der Waals surface area contributed by atoms with E-state index in [9.17, 15) is 13.6 Å². The summed E-state index contributed by atoms with van der Waals surface area (Å²) in [6.07, 6.45) is 1.55. The van der Waals surface area contributed by atoms with Gasteiger partial charge in [0, 0.05) is 43.3 Å². The summed E-state index contributed by atoms with van der Waals surface area (Å²) in [7, 11) is 0. The van der Waals surface area contributed by atoms with E-state index in [2.05, 4.69) is 16.0 Å². The minimum atomic E-state index is -0.995. The van der Waals surface area contributed by atoms with Crippen LogP contribution in [0.2, 0.25) is 0 Å². The van der Waals surface area contributed by atoms with E-state index in [4.69, 9.17) is 5.11 Å². The number of aromatic carboxylic acids is 1. The van der Waals surface area contributed by atoms with Crippen molar-refractivity contribution in [2.45, 2.75) is 0 Å². The molecule has 1 radical (unpaired) electrons. The third-order valence-corrected chi connectivity index (χ3v) is 3.60. The number of carboxylic acids is 1. The van der Waals surface area contributed by atoms with Gasteiger partial charge in [-0.2, -0.15) is 0 Å². The molecule has 0 amide bonds. The summed E-state index contributed by atoms with van der Waals surface area (Å²) in [6.45, 7) is 0. The Hall–Kier alpha value is -3.02. The number of benzene rings is 2. The van der Waals surface area contributed by atoms with Gasteiger partial charge < -0.3 is 10.1 Å². The van der Waals surface area contributed by atoms with Crippen molar-refractivity contribution in [3.8, 4) is 11.3 Å². The average molecular weight is 556 g/mol. The van der Waals surface area contributed by atoms with Crippen LogP contribution < -0.4 is 0 Å². The summed E-state index contributed by atoms with van der Waals surface area (Å²) in [4.78, 5) is 18.5. The largest absolute Gasteiger partial charge is 0.477 e. The standard InChI is InChI=1S/C11H6F2N.C10H7NO2.Ir/c12-8-4-5-9(10(13)7-8)11-3-1-2-6-14-11;12-10(13)9-6-5-7-3-1-2-4-8(7)11-9;/h1-4,6-7H;1-6H,(H,12,13);/q-1;;. The van der Waals surface area contributed by atoms with Gasteiger partial charge in [0.05, 0.1) is 5.52 Å². The molecular weight excluding hydrogens is 542 g/mol. The van der Waals surface area contributed by atoms with E-state index in [1.165, 1.54) is 6.07 Å². The van der Waals surface area contributed by atoms with Crippen molar-refractivity contribution in [3.63, 3.8) is 0 Å². The van der Waals surface area contributed by atoms with Crippen molar-refractivity contribution >= 4 is 16.9 Å². The van der Waals surface area contributed by atoms with Crippen molar-refractivity contribution in [2.24, 2.45) is 0 Å². The van der Waals surface area contributed by atoms with Crippen LogP contribution in [0.15, 0.2) is 72.9 Å². The van der Waals surface area contributed by atoms with E-state index in [1.807, 2.05) is 18.2 Å². The number of aromatic nitrogens is 2. The fraction of sp³-hybridized carbons (Fsp3) is 0.